The topological polar surface area (TPSA) is 80.2 Å². The Kier molecular flexibility index (Phi) is 4.71. The third-order valence-electron chi connectivity index (χ3n) is 5.87. The smallest absolute Gasteiger partial charge is 0.410 e. The molecule has 7 nitrogen and oxygen atoms in total. The average molecular weight is 396 g/mol. The van der Waals surface area contributed by atoms with Crippen molar-refractivity contribution in [1.29, 1.82) is 0 Å². The first kappa shape index (κ1) is 19.6. The monoisotopic (exact) mass is 395 g/mol. The molecule has 0 saturated carbocycles. The van der Waals surface area contributed by atoms with Crippen LogP contribution in [-0.2, 0) is 11.2 Å². The van der Waals surface area contributed by atoms with Gasteiger partial charge in [0.1, 0.15) is 11.4 Å². The van der Waals surface area contributed by atoms with Gasteiger partial charge in [-0.05, 0) is 64.2 Å². The summed E-state index contributed by atoms with van der Waals surface area (Å²) in [6, 6.07) is 3.96. The standard InChI is InChI=1S/C22H29N5O2/c1-14-12-27(20(28)29-21(3,4)5)13-22(14)8-7-16-11-17(15(2)25-18(16)26-22)19-23-9-6-10-24-19/h6,9-11,14H,7-8,12-13H2,1-5H3,(H,25,26)/t14-,22?/m0/s1. The molecule has 0 aliphatic carbocycles. The number of nitrogens with zero attached hydrogens (tertiary/aromatic N) is 4. The minimum Gasteiger partial charge on any atom is -0.444 e. The Bertz CT molecular complexity index is 925. The van der Waals surface area contributed by atoms with E-state index in [1.807, 2.05) is 38.7 Å². The Morgan fingerprint density at radius 3 is 2.72 bits per heavy atom. The molecule has 2 atom stereocenters. The predicted molar refractivity (Wildman–Crippen MR) is 112 cm³/mol. The molecule has 2 aliphatic heterocycles. The van der Waals surface area contributed by atoms with Crippen molar-refractivity contribution < 1.29 is 9.53 Å². The van der Waals surface area contributed by atoms with E-state index < -0.39 is 5.60 Å². The Labute approximate surface area is 171 Å². The maximum atomic E-state index is 12.6. The SMILES string of the molecule is Cc1nc2c(cc1-c1ncccn1)CCC1(CN(C(=O)OC(C)(C)C)C[C@@H]1C)N2. The van der Waals surface area contributed by atoms with E-state index in [9.17, 15) is 4.79 Å². The molecule has 4 heterocycles. The molecular formula is C22H29N5O2. The van der Waals surface area contributed by atoms with Crippen molar-refractivity contribution in [1.82, 2.24) is 19.9 Å². The lowest BCUT2D eigenvalue weighted by molar-refractivity contribution is 0.0282. The van der Waals surface area contributed by atoms with Crippen molar-refractivity contribution in [3.63, 3.8) is 0 Å². The van der Waals surface area contributed by atoms with Gasteiger partial charge in [0.05, 0.1) is 11.2 Å². The summed E-state index contributed by atoms with van der Waals surface area (Å²) < 4.78 is 5.59. The van der Waals surface area contributed by atoms with Crippen LogP contribution in [0.4, 0.5) is 10.6 Å². The van der Waals surface area contributed by atoms with Crippen molar-refractivity contribution >= 4 is 11.9 Å². The number of rotatable bonds is 1. The summed E-state index contributed by atoms with van der Waals surface area (Å²) in [6.07, 6.45) is 5.11. The van der Waals surface area contributed by atoms with Crippen molar-refractivity contribution in [2.75, 3.05) is 18.4 Å². The minimum atomic E-state index is -0.489. The van der Waals surface area contributed by atoms with Gasteiger partial charge in [0, 0.05) is 31.0 Å². The Balaban J connectivity index is 1.57. The van der Waals surface area contributed by atoms with E-state index in [0.29, 0.717) is 24.8 Å². The van der Waals surface area contributed by atoms with E-state index in [1.165, 1.54) is 5.56 Å². The molecular weight excluding hydrogens is 366 g/mol. The molecule has 2 aliphatic rings. The van der Waals surface area contributed by atoms with Crippen LogP contribution in [0.1, 0.15) is 45.4 Å². The summed E-state index contributed by atoms with van der Waals surface area (Å²) in [6.45, 7) is 11.2. The zero-order valence-corrected chi connectivity index (χ0v) is 17.8. The quantitative estimate of drug-likeness (QED) is 0.790. The molecule has 0 radical (unpaired) electrons. The van der Waals surface area contributed by atoms with Gasteiger partial charge in [0.2, 0.25) is 0 Å². The third-order valence-corrected chi connectivity index (χ3v) is 5.87. The highest BCUT2D eigenvalue weighted by molar-refractivity contribution is 5.70. The van der Waals surface area contributed by atoms with Crippen molar-refractivity contribution in [3.05, 3.63) is 35.8 Å². The van der Waals surface area contributed by atoms with Crippen LogP contribution in [0, 0.1) is 12.8 Å². The lowest BCUT2D eigenvalue weighted by Crippen LogP contribution is -2.49. The normalized spacial score (nSPS) is 23.6. The number of anilines is 1. The molecule has 154 valence electrons. The lowest BCUT2D eigenvalue weighted by Gasteiger charge is -2.39. The number of pyridine rings is 1. The molecule has 2 aromatic heterocycles. The third kappa shape index (κ3) is 3.78. The maximum Gasteiger partial charge on any atom is 0.410 e. The number of aromatic nitrogens is 3. The van der Waals surface area contributed by atoms with Crippen LogP contribution in [0.15, 0.2) is 24.5 Å². The van der Waals surface area contributed by atoms with Gasteiger partial charge in [-0.2, -0.15) is 0 Å². The van der Waals surface area contributed by atoms with Gasteiger partial charge >= 0.3 is 6.09 Å². The molecule has 0 aromatic carbocycles. The molecule has 4 rings (SSSR count). The number of nitrogens with one attached hydrogen (secondary N) is 1. The average Bonchev–Trinajstić information content (AvgIpc) is 2.97. The minimum absolute atomic E-state index is 0.173. The number of carbonyl (C=O) groups excluding carboxylic acids is 1. The van der Waals surface area contributed by atoms with Gasteiger partial charge in [0.15, 0.2) is 5.82 Å². The fourth-order valence-electron chi connectivity index (χ4n) is 4.29. The maximum absolute atomic E-state index is 12.6. The predicted octanol–water partition coefficient (Wildman–Crippen LogP) is 3.83. The van der Waals surface area contributed by atoms with Gasteiger partial charge < -0.3 is 15.0 Å². The molecule has 1 N–H and O–H groups in total. The number of likely N-dealkylation sites (tertiary alicyclic amines) is 1. The van der Waals surface area contributed by atoms with Crippen LogP contribution >= 0.6 is 0 Å². The molecule has 1 saturated heterocycles. The number of fused-ring (bicyclic) bond motifs is 1. The molecule has 1 fully saturated rings. The highest BCUT2D eigenvalue weighted by Gasteiger charge is 2.48. The van der Waals surface area contributed by atoms with E-state index in [0.717, 1.165) is 29.9 Å². The second-order valence-corrected chi connectivity index (χ2v) is 9.24. The zero-order chi connectivity index (χ0) is 20.8. The van der Waals surface area contributed by atoms with Crippen molar-refractivity contribution in [3.8, 4) is 11.4 Å². The first-order valence-electron chi connectivity index (χ1n) is 10.2. The summed E-state index contributed by atoms with van der Waals surface area (Å²) >= 11 is 0. The van der Waals surface area contributed by atoms with Crippen LogP contribution < -0.4 is 5.32 Å². The van der Waals surface area contributed by atoms with E-state index >= 15 is 0 Å². The molecule has 2 aromatic rings. The Hall–Kier alpha value is -2.70. The number of aryl methyl sites for hydroxylation is 2. The summed E-state index contributed by atoms with van der Waals surface area (Å²) in [4.78, 5) is 28.0. The number of hydrogen-bond donors (Lipinski definition) is 1. The van der Waals surface area contributed by atoms with Gasteiger partial charge in [0.25, 0.3) is 0 Å². The van der Waals surface area contributed by atoms with E-state index in [-0.39, 0.29) is 11.6 Å². The first-order chi connectivity index (χ1) is 13.7. The first-order valence-corrected chi connectivity index (χ1v) is 10.2. The van der Waals surface area contributed by atoms with E-state index in [4.69, 9.17) is 9.72 Å². The summed E-state index contributed by atoms with van der Waals surface area (Å²) in [7, 11) is 0. The van der Waals surface area contributed by atoms with Crippen LogP contribution in [0.3, 0.4) is 0 Å². The Morgan fingerprint density at radius 2 is 2.03 bits per heavy atom. The Morgan fingerprint density at radius 1 is 1.31 bits per heavy atom. The number of hydrogen-bond acceptors (Lipinski definition) is 6. The van der Waals surface area contributed by atoms with Gasteiger partial charge in [-0.3, -0.25) is 0 Å². The largest absolute Gasteiger partial charge is 0.444 e. The van der Waals surface area contributed by atoms with Crippen molar-refractivity contribution in [2.45, 2.75) is 58.6 Å². The number of amides is 1. The van der Waals surface area contributed by atoms with E-state index in [1.54, 1.807) is 12.4 Å². The molecule has 1 amide bonds. The molecule has 1 spiro atoms. The summed E-state index contributed by atoms with van der Waals surface area (Å²) in [5, 5.41) is 3.69. The molecule has 0 bridgehead atoms. The second-order valence-electron chi connectivity index (χ2n) is 9.24. The summed E-state index contributed by atoms with van der Waals surface area (Å²) in [5.74, 6) is 1.92. The van der Waals surface area contributed by atoms with Gasteiger partial charge in [-0.15, -0.1) is 0 Å². The number of ether oxygens (including phenoxy) is 1. The molecule has 1 unspecified atom stereocenters. The highest BCUT2D eigenvalue weighted by atomic mass is 16.6. The molecule has 29 heavy (non-hydrogen) atoms. The van der Waals surface area contributed by atoms with Crippen LogP contribution in [-0.4, -0.2) is 50.2 Å². The van der Waals surface area contributed by atoms with Crippen molar-refractivity contribution in [2.24, 2.45) is 5.92 Å². The number of carbonyl (C=O) groups is 1. The fraction of sp³-hybridized carbons (Fsp3) is 0.545. The highest BCUT2D eigenvalue weighted by Crippen LogP contribution is 2.41. The molecule has 7 heteroatoms. The zero-order valence-electron chi connectivity index (χ0n) is 17.8. The second kappa shape index (κ2) is 6.97. The lowest BCUT2D eigenvalue weighted by atomic mass is 9.80. The van der Waals surface area contributed by atoms with E-state index in [2.05, 4.69) is 28.3 Å². The van der Waals surface area contributed by atoms with Gasteiger partial charge in [-0.1, -0.05) is 6.92 Å². The van der Waals surface area contributed by atoms with Crippen LogP contribution in [0.25, 0.3) is 11.4 Å². The fourth-order valence-corrected chi connectivity index (χ4v) is 4.29. The van der Waals surface area contributed by atoms with Crippen LogP contribution in [0.5, 0.6) is 0 Å². The summed E-state index contributed by atoms with van der Waals surface area (Å²) in [5.41, 5.74) is 2.38. The van der Waals surface area contributed by atoms with Crippen LogP contribution in [0.2, 0.25) is 0 Å². The van der Waals surface area contributed by atoms with Gasteiger partial charge in [-0.25, -0.2) is 19.7 Å².